The van der Waals surface area contributed by atoms with Crippen molar-refractivity contribution in [1.29, 1.82) is 0 Å². The van der Waals surface area contributed by atoms with E-state index in [9.17, 15) is 0 Å². The van der Waals surface area contributed by atoms with Crippen molar-refractivity contribution >= 4 is 0 Å². The number of hydrogen-bond donors (Lipinski definition) is 1. The highest BCUT2D eigenvalue weighted by Crippen LogP contribution is 2.35. The number of likely N-dealkylation sites (tertiary alicyclic amines) is 1. The molecule has 3 atom stereocenters. The third-order valence-corrected chi connectivity index (χ3v) is 4.19. The van der Waals surface area contributed by atoms with Gasteiger partial charge in [-0.25, -0.2) is 0 Å². The number of rotatable bonds is 2. The molecule has 14 heavy (non-hydrogen) atoms. The zero-order chi connectivity index (χ0) is 10.2. The van der Waals surface area contributed by atoms with Gasteiger partial charge >= 0.3 is 0 Å². The second kappa shape index (κ2) is 3.80. The van der Waals surface area contributed by atoms with Gasteiger partial charge in [0.2, 0.25) is 0 Å². The van der Waals surface area contributed by atoms with Crippen LogP contribution in [-0.4, -0.2) is 42.8 Å². The van der Waals surface area contributed by atoms with Crippen LogP contribution < -0.4 is 5.73 Å². The molecule has 2 saturated heterocycles. The van der Waals surface area contributed by atoms with Gasteiger partial charge in [-0.2, -0.15) is 0 Å². The molecule has 0 amide bonds. The standard InChI is InChI=1S/C11H22N2O/c1-9-11(2,4-6-14-9)13-5-3-10(7-12)8-13/h9-10H,3-8,12H2,1-2H3. The largest absolute Gasteiger partial charge is 0.377 e. The molecule has 2 rings (SSSR count). The maximum Gasteiger partial charge on any atom is 0.0728 e. The maximum absolute atomic E-state index is 5.71. The third-order valence-electron chi connectivity index (χ3n) is 4.19. The Hall–Kier alpha value is -0.120. The first-order chi connectivity index (χ1) is 6.66. The van der Waals surface area contributed by atoms with Crippen molar-refractivity contribution in [3.63, 3.8) is 0 Å². The van der Waals surface area contributed by atoms with Crippen LogP contribution >= 0.6 is 0 Å². The zero-order valence-electron chi connectivity index (χ0n) is 9.33. The highest BCUT2D eigenvalue weighted by molar-refractivity contribution is 4.98. The number of hydrogen-bond acceptors (Lipinski definition) is 3. The molecule has 2 fully saturated rings. The molecule has 0 aromatic heterocycles. The first-order valence-corrected chi connectivity index (χ1v) is 5.73. The summed E-state index contributed by atoms with van der Waals surface area (Å²) in [5.74, 6) is 0.708. The summed E-state index contributed by atoms with van der Waals surface area (Å²) in [5.41, 5.74) is 5.98. The van der Waals surface area contributed by atoms with Crippen LogP contribution in [0.2, 0.25) is 0 Å². The lowest BCUT2D eigenvalue weighted by Crippen LogP contribution is -2.50. The predicted octanol–water partition coefficient (Wildman–Crippen LogP) is 0.834. The van der Waals surface area contributed by atoms with Gasteiger partial charge in [-0.15, -0.1) is 0 Å². The van der Waals surface area contributed by atoms with E-state index in [0.29, 0.717) is 12.0 Å². The summed E-state index contributed by atoms with van der Waals surface area (Å²) >= 11 is 0. The summed E-state index contributed by atoms with van der Waals surface area (Å²) in [6.45, 7) is 8.66. The Labute approximate surface area is 86.6 Å². The maximum atomic E-state index is 5.71. The van der Waals surface area contributed by atoms with Crippen molar-refractivity contribution < 1.29 is 4.74 Å². The van der Waals surface area contributed by atoms with E-state index in [4.69, 9.17) is 10.5 Å². The number of ether oxygens (including phenoxy) is 1. The molecule has 2 aliphatic rings. The quantitative estimate of drug-likeness (QED) is 0.714. The molecule has 82 valence electrons. The molecule has 3 unspecified atom stereocenters. The van der Waals surface area contributed by atoms with Gasteiger partial charge in [0.25, 0.3) is 0 Å². The Balaban J connectivity index is 2.01. The molecule has 2 aliphatic heterocycles. The lowest BCUT2D eigenvalue weighted by Gasteiger charge is -2.37. The van der Waals surface area contributed by atoms with Crippen molar-refractivity contribution in [3.8, 4) is 0 Å². The summed E-state index contributed by atoms with van der Waals surface area (Å²) < 4.78 is 5.68. The highest BCUT2D eigenvalue weighted by atomic mass is 16.5. The van der Waals surface area contributed by atoms with Crippen LogP contribution in [0.25, 0.3) is 0 Å². The molecule has 0 spiro atoms. The Bertz CT molecular complexity index is 209. The summed E-state index contributed by atoms with van der Waals surface area (Å²) in [6, 6.07) is 0. The molecule has 0 radical (unpaired) electrons. The van der Waals surface area contributed by atoms with Crippen molar-refractivity contribution in [1.82, 2.24) is 4.90 Å². The monoisotopic (exact) mass is 198 g/mol. The second-order valence-corrected chi connectivity index (χ2v) is 4.96. The molecular formula is C11H22N2O. The van der Waals surface area contributed by atoms with Gasteiger partial charge in [-0.3, -0.25) is 4.90 Å². The minimum absolute atomic E-state index is 0.268. The van der Waals surface area contributed by atoms with Crippen molar-refractivity contribution in [3.05, 3.63) is 0 Å². The van der Waals surface area contributed by atoms with Crippen molar-refractivity contribution in [2.24, 2.45) is 11.7 Å². The van der Waals surface area contributed by atoms with Crippen LogP contribution in [-0.2, 0) is 4.74 Å². The minimum atomic E-state index is 0.268. The summed E-state index contributed by atoms with van der Waals surface area (Å²) in [7, 11) is 0. The first-order valence-electron chi connectivity index (χ1n) is 5.73. The molecule has 3 nitrogen and oxygen atoms in total. The Morgan fingerprint density at radius 2 is 2.36 bits per heavy atom. The van der Waals surface area contributed by atoms with Crippen LogP contribution in [0.5, 0.6) is 0 Å². The molecule has 0 bridgehead atoms. The lowest BCUT2D eigenvalue weighted by atomic mass is 9.92. The van der Waals surface area contributed by atoms with E-state index in [0.717, 1.165) is 13.2 Å². The summed E-state index contributed by atoms with van der Waals surface area (Å²) in [6.07, 6.45) is 2.81. The fourth-order valence-electron chi connectivity index (χ4n) is 2.73. The molecule has 2 heterocycles. The summed E-state index contributed by atoms with van der Waals surface area (Å²) in [4.78, 5) is 2.59. The van der Waals surface area contributed by atoms with Gasteiger partial charge in [-0.05, 0) is 45.7 Å². The van der Waals surface area contributed by atoms with Gasteiger partial charge < -0.3 is 10.5 Å². The Morgan fingerprint density at radius 1 is 1.57 bits per heavy atom. The smallest absolute Gasteiger partial charge is 0.0728 e. The van der Waals surface area contributed by atoms with Gasteiger partial charge in [0.15, 0.2) is 0 Å². The van der Waals surface area contributed by atoms with E-state index < -0.39 is 0 Å². The topological polar surface area (TPSA) is 38.5 Å². The first kappa shape index (κ1) is 10.4. The van der Waals surface area contributed by atoms with Gasteiger partial charge in [0.05, 0.1) is 6.10 Å². The molecule has 0 aromatic carbocycles. The molecule has 0 saturated carbocycles. The second-order valence-electron chi connectivity index (χ2n) is 4.96. The fraction of sp³-hybridized carbons (Fsp3) is 1.00. The zero-order valence-corrected chi connectivity index (χ0v) is 9.33. The third kappa shape index (κ3) is 1.58. The Kier molecular flexibility index (Phi) is 2.82. The van der Waals surface area contributed by atoms with Crippen LogP contribution in [0.3, 0.4) is 0 Å². The normalized spacial score (nSPS) is 44.8. The molecule has 0 aromatic rings. The van der Waals surface area contributed by atoms with Crippen molar-refractivity contribution in [2.45, 2.75) is 38.3 Å². The van der Waals surface area contributed by atoms with Crippen LogP contribution in [0, 0.1) is 5.92 Å². The van der Waals surface area contributed by atoms with E-state index in [1.54, 1.807) is 0 Å². The minimum Gasteiger partial charge on any atom is -0.377 e. The van der Waals surface area contributed by atoms with E-state index in [2.05, 4.69) is 18.7 Å². The average molecular weight is 198 g/mol. The van der Waals surface area contributed by atoms with E-state index >= 15 is 0 Å². The molecular weight excluding hydrogens is 176 g/mol. The Morgan fingerprint density at radius 3 is 2.86 bits per heavy atom. The lowest BCUT2D eigenvalue weighted by molar-refractivity contribution is 0.0312. The van der Waals surface area contributed by atoms with E-state index in [-0.39, 0.29) is 5.54 Å². The van der Waals surface area contributed by atoms with E-state index in [1.165, 1.54) is 25.9 Å². The number of nitrogens with two attached hydrogens (primary N) is 1. The molecule has 2 N–H and O–H groups in total. The molecule has 3 heteroatoms. The van der Waals surface area contributed by atoms with Gasteiger partial charge in [0.1, 0.15) is 0 Å². The highest BCUT2D eigenvalue weighted by Gasteiger charge is 2.44. The molecule has 0 aliphatic carbocycles. The predicted molar refractivity (Wildman–Crippen MR) is 57.2 cm³/mol. The van der Waals surface area contributed by atoms with Crippen LogP contribution in [0.1, 0.15) is 26.7 Å². The van der Waals surface area contributed by atoms with E-state index in [1.807, 2.05) is 0 Å². The summed E-state index contributed by atoms with van der Waals surface area (Å²) in [5, 5.41) is 0. The van der Waals surface area contributed by atoms with Gasteiger partial charge in [-0.1, -0.05) is 0 Å². The van der Waals surface area contributed by atoms with Crippen LogP contribution in [0.15, 0.2) is 0 Å². The van der Waals surface area contributed by atoms with Gasteiger partial charge in [0, 0.05) is 18.7 Å². The fourth-order valence-corrected chi connectivity index (χ4v) is 2.73. The number of nitrogens with zero attached hydrogens (tertiary/aromatic N) is 1. The average Bonchev–Trinajstić information content (AvgIpc) is 2.75. The van der Waals surface area contributed by atoms with Crippen molar-refractivity contribution in [2.75, 3.05) is 26.2 Å². The van der Waals surface area contributed by atoms with Crippen LogP contribution in [0.4, 0.5) is 0 Å². The SMILES string of the molecule is CC1OCCC1(C)N1CCC(CN)C1.